The molecular formula is C26H29ClN2O2. The quantitative estimate of drug-likeness (QED) is 0.663. The molecule has 3 heterocycles. The molecule has 0 spiro atoms. The van der Waals surface area contributed by atoms with Crippen LogP contribution in [-0.4, -0.2) is 28.5 Å². The predicted octanol–water partition coefficient (Wildman–Crippen LogP) is 5.20. The van der Waals surface area contributed by atoms with Crippen molar-refractivity contribution in [2.24, 2.45) is 11.8 Å². The Kier molecular flexibility index (Phi) is 5.75. The molecule has 1 saturated heterocycles. The van der Waals surface area contributed by atoms with E-state index in [1.807, 2.05) is 47.1 Å². The molecule has 4 nitrogen and oxygen atoms in total. The first-order valence-electron chi connectivity index (χ1n) is 11.5. The molecule has 0 N–H and O–H groups in total. The fourth-order valence-electron chi connectivity index (χ4n) is 5.64. The first-order chi connectivity index (χ1) is 15.1. The highest BCUT2D eigenvalue weighted by atomic mass is 35.5. The minimum absolute atomic E-state index is 0.0736. The number of benzene rings is 1. The largest absolute Gasteiger partial charge is 0.341 e. The molecule has 1 saturated carbocycles. The maximum Gasteiger partial charge on any atom is 0.258 e. The number of nitrogens with zero attached hydrogens (tertiary/aromatic N) is 2. The molecule has 31 heavy (non-hydrogen) atoms. The van der Waals surface area contributed by atoms with E-state index < -0.39 is 0 Å². The molecule has 2 aromatic rings. The fourth-order valence-corrected chi connectivity index (χ4v) is 5.76. The van der Waals surface area contributed by atoms with Gasteiger partial charge in [-0.1, -0.05) is 49.1 Å². The molecule has 1 aromatic carbocycles. The molecule has 2 bridgehead atoms. The van der Waals surface area contributed by atoms with E-state index in [-0.39, 0.29) is 17.4 Å². The number of carbonyl (C=O) groups is 1. The van der Waals surface area contributed by atoms with Crippen molar-refractivity contribution >= 4 is 29.7 Å². The number of aromatic nitrogens is 1. The second-order valence-corrected chi connectivity index (χ2v) is 9.83. The maximum absolute atomic E-state index is 13.2. The van der Waals surface area contributed by atoms with Gasteiger partial charge in [0.2, 0.25) is 5.91 Å². The summed E-state index contributed by atoms with van der Waals surface area (Å²) in [6.45, 7) is 2.26. The van der Waals surface area contributed by atoms with E-state index in [0.717, 1.165) is 43.6 Å². The summed E-state index contributed by atoms with van der Waals surface area (Å²) in [6.07, 6.45) is 10.6. The zero-order valence-electron chi connectivity index (χ0n) is 17.8. The highest BCUT2D eigenvalue weighted by Gasteiger charge is 2.38. The number of fused-ring (bicyclic) bond motifs is 4. The molecule has 2 fully saturated rings. The Morgan fingerprint density at radius 2 is 1.71 bits per heavy atom. The molecular weight excluding hydrogens is 408 g/mol. The summed E-state index contributed by atoms with van der Waals surface area (Å²) in [4.78, 5) is 28.4. The van der Waals surface area contributed by atoms with Crippen LogP contribution in [0.2, 0.25) is 5.02 Å². The van der Waals surface area contributed by atoms with Crippen LogP contribution in [0.5, 0.6) is 0 Å². The van der Waals surface area contributed by atoms with Gasteiger partial charge in [-0.25, -0.2) is 0 Å². The number of amides is 1. The van der Waals surface area contributed by atoms with E-state index in [2.05, 4.69) is 11.0 Å². The maximum atomic E-state index is 13.2. The van der Waals surface area contributed by atoms with Gasteiger partial charge in [-0.3, -0.25) is 9.59 Å². The Bertz CT molecular complexity index is 1050. The molecule has 1 amide bonds. The minimum atomic E-state index is 0.0736. The van der Waals surface area contributed by atoms with Crippen LogP contribution in [-0.2, 0) is 11.3 Å². The second-order valence-electron chi connectivity index (χ2n) is 9.39. The van der Waals surface area contributed by atoms with Crippen molar-refractivity contribution in [1.29, 1.82) is 0 Å². The summed E-state index contributed by atoms with van der Waals surface area (Å²) < 4.78 is 1.96. The zero-order valence-corrected chi connectivity index (χ0v) is 18.6. The molecule has 0 radical (unpaired) electrons. The van der Waals surface area contributed by atoms with Crippen molar-refractivity contribution in [3.63, 3.8) is 0 Å². The number of rotatable bonds is 3. The van der Waals surface area contributed by atoms with Gasteiger partial charge in [-0.15, -0.1) is 0 Å². The highest BCUT2D eigenvalue weighted by Crippen LogP contribution is 2.37. The van der Waals surface area contributed by atoms with Gasteiger partial charge < -0.3 is 9.47 Å². The van der Waals surface area contributed by atoms with Crippen molar-refractivity contribution in [2.75, 3.05) is 13.1 Å². The Morgan fingerprint density at radius 1 is 0.935 bits per heavy atom. The van der Waals surface area contributed by atoms with Crippen molar-refractivity contribution in [2.45, 2.75) is 51.0 Å². The Balaban J connectivity index is 1.36. The monoisotopic (exact) mass is 436 g/mol. The van der Waals surface area contributed by atoms with Gasteiger partial charge in [-0.05, 0) is 61.1 Å². The Hall–Kier alpha value is -2.33. The lowest BCUT2D eigenvalue weighted by Gasteiger charge is -2.44. The molecule has 2 atom stereocenters. The van der Waals surface area contributed by atoms with Gasteiger partial charge >= 0.3 is 0 Å². The number of likely N-dealkylation sites (tertiary alicyclic amines) is 1. The van der Waals surface area contributed by atoms with Gasteiger partial charge in [0.1, 0.15) is 0 Å². The van der Waals surface area contributed by atoms with E-state index in [1.54, 1.807) is 0 Å². The first-order valence-corrected chi connectivity index (χ1v) is 11.9. The van der Waals surface area contributed by atoms with Crippen LogP contribution in [0.15, 0.2) is 41.2 Å². The number of piperidine rings is 1. The lowest BCUT2D eigenvalue weighted by Crippen LogP contribution is -2.50. The third-order valence-corrected chi connectivity index (χ3v) is 7.48. The Morgan fingerprint density at radius 3 is 2.48 bits per heavy atom. The number of hydrogen-bond acceptors (Lipinski definition) is 2. The molecule has 0 unspecified atom stereocenters. The van der Waals surface area contributed by atoms with Crippen molar-refractivity contribution in [1.82, 2.24) is 9.47 Å². The van der Waals surface area contributed by atoms with Crippen LogP contribution in [0.3, 0.4) is 0 Å². The van der Waals surface area contributed by atoms with E-state index in [0.29, 0.717) is 29.0 Å². The lowest BCUT2D eigenvalue weighted by atomic mass is 9.81. The van der Waals surface area contributed by atoms with Crippen LogP contribution in [0.4, 0.5) is 0 Å². The molecule has 1 aliphatic carbocycles. The zero-order chi connectivity index (χ0) is 21.4. The molecule has 2 aliphatic heterocycles. The van der Waals surface area contributed by atoms with E-state index >= 15 is 0 Å². The normalized spacial score (nSPS) is 23.7. The molecule has 5 heteroatoms. The first kappa shape index (κ1) is 20.6. The summed E-state index contributed by atoms with van der Waals surface area (Å²) in [7, 11) is 0. The average Bonchev–Trinajstić information content (AvgIpc) is 2.80. The van der Waals surface area contributed by atoms with Crippen LogP contribution in [0.25, 0.3) is 12.2 Å². The smallest absolute Gasteiger partial charge is 0.258 e. The molecule has 162 valence electrons. The molecule has 5 rings (SSSR count). The predicted molar refractivity (Wildman–Crippen MR) is 125 cm³/mol. The second kappa shape index (κ2) is 8.66. The topological polar surface area (TPSA) is 42.3 Å². The van der Waals surface area contributed by atoms with Gasteiger partial charge in [0.25, 0.3) is 5.56 Å². The van der Waals surface area contributed by atoms with Crippen LogP contribution in [0, 0.1) is 11.8 Å². The SMILES string of the molecule is O=C(C1CCCCC1)N1C[C@@H]2C[C@H](C1)c1ccc(/C=C/c3ccc(Cl)cc3)c(=O)n1C2. The van der Waals surface area contributed by atoms with Gasteiger partial charge in [0.15, 0.2) is 0 Å². The van der Waals surface area contributed by atoms with Gasteiger partial charge in [0, 0.05) is 47.8 Å². The summed E-state index contributed by atoms with van der Waals surface area (Å²) in [6, 6.07) is 11.6. The van der Waals surface area contributed by atoms with E-state index in [9.17, 15) is 9.59 Å². The van der Waals surface area contributed by atoms with Crippen LogP contribution in [0.1, 0.15) is 61.3 Å². The molecule has 3 aliphatic rings. The summed E-state index contributed by atoms with van der Waals surface area (Å²) in [5.74, 6) is 1.21. The van der Waals surface area contributed by atoms with Crippen molar-refractivity contribution < 1.29 is 4.79 Å². The lowest BCUT2D eigenvalue weighted by molar-refractivity contribution is -0.139. The number of hydrogen-bond donors (Lipinski definition) is 0. The summed E-state index contributed by atoms with van der Waals surface area (Å²) >= 11 is 5.95. The number of carbonyl (C=O) groups excluding carboxylic acids is 1. The Labute approximate surface area is 188 Å². The minimum Gasteiger partial charge on any atom is -0.341 e. The molecule has 1 aromatic heterocycles. The van der Waals surface area contributed by atoms with Gasteiger partial charge in [-0.2, -0.15) is 0 Å². The fraction of sp³-hybridized carbons (Fsp3) is 0.462. The standard InChI is InChI=1S/C26H29ClN2O2/c27-23-11-7-18(8-12-23)6-9-21-10-13-24-22-14-19(16-29(24)26(21)31)15-28(17-22)25(30)20-4-2-1-3-5-20/h6-13,19-20,22H,1-5,14-17H2/b9-6+/t19-,22+/m0/s1. The van der Waals surface area contributed by atoms with E-state index in [1.165, 1.54) is 19.3 Å². The van der Waals surface area contributed by atoms with Crippen molar-refractivity contribution in [3.8, 4) is 0 Å². The summed E-state index contributed by atoms with van der Waals surface area (Å²) in [5, 5.41) is 0.702. The average molecular weight is 437 g/mol. The van der Waals surface area contributed by atoms with E-state index in [4.69, 9.17) is 11.6 Å². The van der Waals surface area contributed by atoms with Crippen LogP contribution < -0.4 is 5.56 Å². The number of halogens is 1. The number of pyridine rings is 1. The third-order valence-electron chi connectivity index (χ3n) is 7.23. The van der Waals surface area contributed by atoms with Gasteiger partial charge in [0.05, 0.1) is 0 Å². The highest BCUT2D eigenvalue weighted by molar-refractivity contribution is 6.30. The summed E-state index contributed by atoms with van der Waals surface area (Å²) in [5.41, 5.74) is 2.88. The van der Waals surface area contributed by atoms with Crippen molar-refractivity contribution in [3.05, 3.63) is 68.6 Å². The third kappa shape index (κ3) is 4.23. The van der Waals surface area contributed by atoms with Crippen LogP contribution >= 0.6 is 11.6 Å².